The SMILES string of the molecule is Cc1cccc(Cl)c1NC(=O)c1cnc(Nc2nc(C3CC3)nc(N3CCN(C)CC3)n2)s1. The number of aromatic nitrogens is 4. The van der Waals surface area contributed by atoms with E-state index in [1.807, 2.05) is 19.1 Å². The number of thiazole rings is 1. The lowest BCUT2D eigenvalue weighted by atomic mass is 10.2. The molecule has 1 aliphatic heterocycles. The first kappa shape index (κ1) is 22.0. The summed E-state index contributed by atoms with van der Waals surface area (Å²) in [7, 11) is 2.12. The number of para-hydroxylation sites is 1. The molecule has 2 N–H and O–H groups in total. The molecule has 1 aromatic carbocycles. The molecule has 33 heavy (non-hydrogen) atoms. The molecule has 3 aromatic rings. The highest BCUT2D eigenvalue weighted by Crippen LogP contribution is 2.39. The number of piperazine rings is 1. The van der Waals surface area contributed by atoms with Crippen LogP contribution in [0.3, 0.4) is 0 Å². The maximum atomic E-state index is 12.7. The van der Waals surface area contributed by atoms with E-state index in [0.717, 1.165) is 50.4 Å². The van der Waals surface area contributed by atoms with Crippen molar-refractivity contribution in [2.45, 2.75) is 25.7 Å². The molecule has 0 atom stereocenters. The lowest BCUT2D eigenvalue weighted by molar-refractivity contribution is 0.103. The van der Waals surface area contributed by atoms with E-state index in [2.05, 4.69) is 42.4 Å². The molecule has 1 saturated carbocycles. The summed E-state index contributed by atoms with van der Waals surface area (Å²) in [6.45, 7) is 5.61. The standard InChI is InChI=1S/C22H25ClN8OS/c1-13-4-3-5-15(23)17(13)25-19(32)16-12-24-22(33-16)29-20-26-18(14-6-7-14)27-21(28-20)31-10-8-30(2)9-11-31/h3-5,12,14H,6-11H2,1-2H3,(H,25,32)(H,24,26,27,28,29). The maximum absolute atomic E-state index is 12.7. The number of carbonyl (C=O) groups excluding carboxylic acids is 1. The summed E-state index contributed by atoms with van der Waals surface area (Å²) >= 11 is 7.48. The Morgan fingerprint density at radius 2 is 1.94 bits per heavy atom. The second kappa shape index (κ2) is 9.20. The van der Waals surface area contributed by atoms with Crippen LogP contribution in [0.25, 0.3) is 0 Å². The van der Waals surface area contributed by atoms with Crippen molar-refractivity contribution in [3.63, 3.8) is 0 Å². The second-order valence-electron chi connectivity index (χ2n) is 8.42. The van der Waals surface area contributed by atoms with E-state index in [1.165, 1.54) is 11.3 Å². The van der Waals surface area contributed by atoms with Gasteiger partial charge >= 0.3 is 0 Å². The largest absolute Gasteiger partial charge is 0.338 e. The summed E-state index contributed by atoms with van der Waals surface area (Å²) in [6, 6.07) is 5.50. The van der Waals surface area contributed by atoms with Gasteiger partial charge in [0.25, 0.3) is 5.91 Å². The number of hydrogen-bond acceptors (Lipinski definition) is 9. The van der Waals surface area contributed by atoms with Crippen LogP contribution in [0.15, 0.2) is 24.4 Å². The van der Waals surface area contributed by atoms with Gasteiger partial charge in [-0.1, -0.05) is 35.1 Å². The quantitative estimate of drug-likeness (QED) is 0.543. The van der Waals surface area contributed by atoms with Gasteiger partial charge in [0, 0.05) is 32.1 Å². The number of aryl methyl sites for hydroxylation is 1. The van der Waals surface area contributed by atoms with Crippen molar-refractivity contribution in [2.24, 2.45) is 0 Å². The molecule has 2 aromatic heterocycles. The number of hydrogen-bond donors (Lipinski definition) is 2. The smallest absolute Gasteiger partial charge is 0.267 e. The molecule has 11 heteroatoms. The first-order valence-electron chi connectivity index (χ1n) is 10.9. The minimum atomic E-state index is -0.260. The third kappa shape index (κ3) is 5.07. The van der Waals surface area contributed by atoms with Crippen molar-refractivity contribution in [3.05, 3.63) is 45.7 Å². The maximum Gasteiger partial charge on any atom is 0.267 e. The van der Waals surface area contributed by atoms with Gasteiger partial charge in [0.2, 0.25) is 11.9 Å². The molecule has 0 unspecified atom stereocenters. The Balaban J connectivity index is 1.33. The second-order valence-corrected chi connectivity index (χ2v) is 9.86. The number of halogens is 1. The fourth-order valence-electron chi connectivity index (χ4n) is 3.61. The molecule has 0 bridgehead atoms. The predicted molar refractivity (Wildman–Crippen MR) is 131 cm³/mol. The van der Waals surface area contributed by atoms with Crippen LogP contribution in [0.1, 0.15) is 39.8 Å². The molecule has 1 saturated heterocycles. The normalized spacial score (nSPS) is 16.6. The lowest BCUT2D eigenvalue weighted by Crippen LogP contribution is -2.45. The topological polar surface area (TPSA) is 99.2 Å². The van der Waals surface area contributed by atoms with E-state index in [1.54, 1.807) is 12.3 Å². The summed E-state index contributed by atoms with van der Waals surface area (Å²) in [6.07, 6.45) is 3.75. The summed E-state index contributed by atoms with van der Waals surface area (Å²) in [5.74, 6) is 2.13. The number of carbonyl (C=O) groups is 1. The van der Waals surface area contributed by atoms with Crippen LogP contribution in [-0.2, 0) is 0 Å². The van der Waals surface area contributed by atoms with Gasteiger partial charge in [-0.3, -0.25) is 10.1 Å². The minimum Gasteiger partial charge on any atom is -0.338 e. The number of rotatable bonds is 6. The van der Waals surface area contributed by atoms with Gasteiger partial charge in [0.15, 0.2) is 5.13 Å². The highest BCUT2D eigenvalue weighted by atomic mass is 35.5. The van der Waals surface area contributed by atoms with Crippen molar-refractivity contribution < 1.29 is 4.79 Å². The molecule has 1 amide bonds. The van der Waals surface area contributed by atoms with E-state index in [0.29, 0.717) is 38.5 Å². The highest BCUT2D eigenvalue weighted by molar-refractivity contribution is 7.17. The number of amides is 1. The number of benzene rings is 1. The van der Waals surface area contributed by atoms with Gasteiger partial charge in [0.05, 0.1) is 16.9 Å². The van der Waals surface area contributed by atoms with Gasteiger partial charge in [-0.15, -0.1) is 0 Å². The van der Waals surface area contributed by atoms with E-state index in [-0.39, 0.29) is 5.91 Å². The van der Waals surface area contributed by atoms with Crippen LogP contribution >= 0.6 is 22.9 Å². The Morgan fingerprint density at radius 1 is 1.15 bits per heavy atom. The lowest BCUT2D eigenvalue weighted by Gasteiger charge is -2.32. The van der Waals surface area contributed by atoms with Crippen LogP contribution in [0.4, 0.5) is 22.7 Å². The Bertz CT molecular complexity index is 1150. The Hall–Kier alpha value is -2.82. The molecule has 9 nitrogen and oxygen atoms in total. The molecular weight excluding hydrogens is 460 g/mol. The third-order valence-electron chi connectivity index (χ3n) is 5.78. The van der Waals surface area contributed by atoms with Crippen LogP contribution in [-0.4, -0.2) is 64.0 Å². The van der Waals surface area contributed by atoms with Crippen molar-refractivity contribution in [1.82, 2.24) is 24.8 Å². The Kier molecular flexibility index (Phi) is 6.13. The van der Waals surface area contributed by atoms with Gasteiger partial charge in [-0.2, -0.15) is 15.0 Å². The van der Waals surface area contributed by atoms with Crippen molar-refractivity contribution >= 4 is 51.6 Å². The van der Waals surface area contributed by atoms with Crippen LogP contribution in [0, 0.1) is 6.92 Å². The number of anilines is 4. The van der Waals surface area contributed by atoms with Gasteiger partial charge in [0.1, 0.15) is 10.7 Å². The Morgan fingerprint density at radius 3 is 2.67 bits per heavy atom. The fraction of sp³-hybridized carbons (Fsp3) is 0.409. The molecule has 172 valence electrons. The molecule has 0 spiro atoms. The summed E-state index contributed by atoms with van der Waals surface area (Å²) < 4.78 is 0. The highest BCUT2D eigenvalue weighted by Gasteiger charge is 2.29. The van der Waals surface area contributed by atoms with Crippen molar-refractivity contribution in [2.75, 3.05) is 48.8 Å². The van der Waals surface area contributed by atoms with E-state index in [9.17, 15) is 4.79 Å². The van der Waals surface area contributed by atoms with Crippen LogP contribution < -0.4 is 15.5 Å². The van der Waals surface area contributed by atoms with Gasteiger partial charge < -0.3 is 15.1 Å². The molecule has 5 rings (SSSR count). The summed E-state index contributed by atoms with van der Waals surface area (Å²) in [5.41, 5.74) is 1.50. The minimum absolute atomic E-state index is 0.260. The molecule has 0 radical (unpaired) electrons. The zero-order chi connectivity index (χ0) is 22.9. The monoisotopic (exact) mass is 484 g/mol. The van der Waals surface area contributed by atoms with Crippen LogP contribution in [0.5, 0.6) is 0 Å². The zero-order valence-electron chi connectivity index (χ0n) is 18.5. The number of nitrogens with zero attached hydrogens (tertiary/aromatic N) is 6. The Labute approximate surface area is 201 Å². The molecule has 1 aliphatic carbocycles. The number of nitrogens with one attached hydrogen (secondary N) is 2. The summed E-state index contributed by atoms with van der Waals surface area (Å²) in [5, 5.41) is 7.11. The fourth-order valence-corrected chi connectivity index (χ4v) is 4.58. The molecule has 3 heterocycles. The molecule has 2 aliphatic rings. The predicted octanol–water partition coefficient (Wildman–Crippen LogP) is 3.92. The van der Waals surface area contributed by atoms with Crippen LogP contribution in [0.2, 0.25) is 5.02 Å². The average molecular weight is 485 g/mol. The number of likely N-dealkylation sites (N-methyl/N-ethyl adjacent to an activating group) is 1. The average Bonchev–Trinajstić information content (AvgIpc) is 3.55. The first-order valence-corrected chi connectivity index (χ1v) is 12.1. The van der Waals surface area contributed by atoms with Crippen molar-refractivity contribution in [1.29, 1.82) is 0 Å². The van der Waals surface area contributed by atoms with E-state index >= 15 is 0 Å². The van der Waals surface area contributed by atoms with Gasteiger partial charge in [-0.25, -0.2) is 4.98 Å². The van der Waals surface area contributed by atoms with E-state index in [4.69, 9.17) is 16.6 Å². The third-order valence-corrected chi connectivity index (χ3v) is 7.00. The summed E-state index contributed by atoms with van der Waals surface area (Å²) in [4.78, 5) is 36.1. The van der Waals surface area contributed by atoms with Crippen molar-refractivity contribution in [3.8, 4) is 0 Å². The molecular formula is C22H25ClN8OS. The first-order chi connectivity index (χ1) is 16.0. The molecule has 2 fully saturated rings. The van der Waals surface area contributed by atoms with Gasteiger partial charge in [-0.05, 0) is 38.4 Å². The zero-order valence-corrected chi connectivity index (χ0v) is 20.1. The van der Waals surface area contributed by atoms with E-state index < -0.39 is 0 Å².